The first-order valence-electron chi connectivity index (χ1n) is 10.4. The van der Waals surface area contributed by atoms with Crippen molar-refractivity contribution >= 4 is 22.8 Å². The van der Waals surface area contributed by atoms with Crippen LogP contribution in [0.5, 0.6) is 0 Å². The van der Waals surface area contributed by atoms with E-state index in [1.54, 1.807) is 14.2 Å². The minimum absolute atomic E-state index is 0.0407. The molecule has 0 spiro atoms. The largest absolute Gasteiger partial charge is 0.518 e. The van der Waals surface area contributed by atoms with Crippen molar-refractivity contribution < 1.29 is 18.1 Å². The molecule has 2 rings (SSSR count). The summed E-state index contributed by atoms with van der Waals surface area (Å²) in [5, 5.41) is 0. The summed E-state index contributed by atoms with van der Waals surface area (Å²) >= 11 is 0. The molecule has 152 valence electrons. The molecule has 2 aliphatic rings. The van der Waals surface area contributed by atoms with Gasteiger partial charge in [-0.15, -0.1) is 0 Å². The van der Waals surface area contributed by atoms with E-state index < -0.39 is 16.9 Å². The monoisotopic (exact) mass is 400 g/mol. The van der Waals surface area contributed by atoms with E-state index in [0.717, 1.165) is 19.3 Å². The standard InChI is InChI=1S/C20H40O4Si2/c1-13(2)26(14(3)4,15(5)6)24-20(21)18-11-16-10-17(18)19(12-16)25(9,22-7)23-8/h13-19H,10-12H2,1-9H3. The highest BCUT2D eigenvalue weighted by atomic mass is 28.4. The lowest BCUT2D eigenvalue weighted by molar-refractivity contribution is -0.142. The van der Waals surface area contributed by atoms with Crippen LogP contribution in [-0.4, -0.2) is 37.1 Å². The second-order valence-electron chi connectivity index (χ2n) is 9.61. The van der Waals surface area contributed by atoms with Crippen LogP contribution in [0.4, 0.5) is 0 Å². The van der Waals surface area contributed by atoms with Crippen LogP contribution in [0.25, 0.3) is 0 Å². The molecule has 0 amide bonds. The molecule has 2 fully saturated rings. The van der Waals surface area contributed by atoms with Crippen molar-refractivity contribution in [3.63, 3.8) is 0 Å². The van der Waals surface area contributed by atoms with Crippen LogP contribution < -0.4 is 0 Å². The Morgan fingerprint density at radius 1 is 0.885 bits per heavy atom. The molecule has 2 aliphatic carbocycles. The molecule has 0 N–H and O–H groups in total. The van der Waals surface area contributed by atoms with Crippen LogP contribution >= 0.6 is 0 Å². The van der Waals surface area contributed by atoms with Gasteiger partial charge < -0.3 is 13.3 Å². The Labute approximate surface area is 162 Å². The molecule has 4 nitrogen and oxygen atoms in total. The number of hydrogen-bond donors (Lipinski definition) is 0. The summed E-state index contributed by atoms with van der Waals surface area (Å²) < 4.78 is 18.2. The van der Waals surface area contributed by atoms with Crippen molar-refractivity contribution in [3.8, 4) is 0 Å². The number of carbonyl (C=O) groups excluding carboxylic acids is 1. The fourth-order valence-electron chi connectivity index (χ4n) is 6.21. The van der Waals surface area contributed by atoms with Gasteiger partial charge in [0.1, 0.15) is 0 Å². The van der Waals surface area contributed by atoms with Crippen LogP contribution in [0.1, 0.15) is 60.8 Å². The predicted octanol–water partition coefficient (Wildman–Crippen LogP) is 5.49. The molecule has 4 unspecified atom stereocenters. The maximum Gasteiger partial charge on any atom is 0.337 e. The maximum atomic E-state index is 13.4. The van der Waals surface area contributed by atoms with E-state index in [1.165, 1.54) is 0 Å². The summed E-state index contributed by atoms with van der Waals surface area (Å²) in [6, 6.07) is 0. The summed E-state index contributed by atoms with van der Waals surface area (Å²) in [6.45, 7) is 15.6. The van der Waals surface area contributed by atoms with Crippen molar-refractivity contribution in [2.45, 2.75) is 89.5 Å². The van der Waals surface area contributed by atoms with Crippen molar-refractivity contribution in [1.29, 1.82) is 0 Å². The first kappa shape index (κ1) is 22.1. The molecular formula is C20H40O4Si2. The highest BCUT2D eigenvalue weighted by Crippen LogP contribution is 2.59. The zero-order valence-electron chi connectivity index (χ0n) is 18.3. The summed E-state index contributed by atoms with van der Waals surface area (Å²) in [5.41, 5.74) is 1.69. The van der Waals surface area contributed by atoms with E-state index in [0.29, 0.717) is 34.0 Å². The van der Waals surface area contributed by atoms with E-state index in [-0.39, 0.29) is 11.9 Å². The van der Waals surface area contributed by atoms with E-state index in [4.69, 9.17) is 13.3 Å². The Morgan fingerprint density at radius 2 is 1.38 bits per heavy atom. The lowest BCUT2D eigenvalue weighted by Crippen LogP contribution is -2.51. The Kier molecular flexibility index (Phi) is 6.85. The first-order valence-corrected chi connectivity index (χ1v) is 14.9. The lowest BCUT2D eigenvalue weighted by atomic mass is 9.88. The molecule has 0 aromatic heterocycles. The van der Waals surface area contributed by atoms with Gasteiger partial charge in [0.2, 0.25) is 0 Å². The van der Waals surface area contributed by atoms with Gasteiger partial charge in [0.15, 0.2) is 0 Å². The van der Waals surface area contributed by atoms with Crippen LogP contribution in [0.15, 0.2) is 0 Å². The average Bonchev–Trinajstić information content (AvgIpc) is 3.18. The molecule has 26 heavy (non-hydrogen) atoms. The highest BCUT2D eigenvalue weighted by molar-refractivity contribution is 6.79. The van der Waals surface area contributed by atoms with Gasteiger partial charge in [-0.2, -0.15) is 0 Å². The number of hydrogen-bond acceptors (Lipinski definition) is 4. The van der Waals surface area contributed by atoms with Crippen LogP contribution in [0.2, 0.25) is 28.7 Å². The summed E-state index contributed by atoms with van der Waals surface area (Å²) in [4.78, 5) is 13.4. The van der Waals surface area contributed by atoms with Crippen molar-refractivity contribution in [3.05, 3.63) is 0 Å². The number of carbonyl (C=O) groups is 1. The summed E-state index contributed by atoms with van der Waals surface area (Å²) in [6.07, 6.45) is 3.29. The van der Waals surface area contributed by atoms with E-state index in [9.17, 15) is 4.79 Å². The Hall–Kier alpha value is -0.176. The lowest BCUT2D eigenvalue weighted by Gasteiger charge is -2.43. The van der Waals surface area contributed by atoms with Gasteiger partial charge in [-0.25, -0.2) is 0 Å². The SMILES string of the molecule is CO[Si](C)(OC)C1CC2CC(C(=O)O[Si](C(C)C)(C(C)C)C(C)C)C1C2. The van der Waals surface area contributed by atoms with E-state index >= 15 is 0 Å². The van der Waals surface area contributed by atoms with Gasteiger partial charge in [-0.1, -0.05) is 41.5 Å². The molecule has 6 heteroatoms. The van der Waals surface area contributed by atoms with Gasteiger partial charge in [0.25, 0.3) is 14.3 Å². The molecule has 0 heterocycles. The molecule has 2 saturated carbocycles. The minimum atomic E-state index is -2.23. The molecule has 0 radical (unpaired) electrons. The molecule has 0 aliphatic heterocycles. The smallest absolute Gasteiger partial charge is 0.337 e. The molecule has 0 aromatic carbocycles. The van der Waals surface area contributed by atoms with Crippen LogP contribution in [-0.2, 0) is 18.1 Å². The van der Waals surface area contributed by atoms with Crippen molar-refractivity contribution in [1.82, 2.24) is 0 Å². The summed E-state index contributed by atoms with van der Waals surface area (Å²) in [5.74, 6) is 1.13. The van der Waals surface area contributed by atoms with E-state index in [1.807, 2.05) is 0 Å². The third-order valence-corrected chi connectivity index (χ3v) is 17.2. The molecule has 0 saturated heterocycles. The topological polar surface area (TPSA) is 44.8 Å². The quantitative estimate of drug-likeness (QED) is 0.506. The van der Waals surface area contributed by atoms with Crippen LogP contribution in [0, 0.1) is 17.8 Å². The Balaban J connectivity index is 2.22. The normalized spacial score (nSPS) is 29.2. The average molecular weight is 401 g/mol. The first-order chi connectivity index (χ1) is 12.0. The third kappa shape index (κ3) is 3.59. The Bertz CT molecular complexity index is 480. The molecule has 0 aromatic rings. The number of fused-ring (bicyclic) bond motifs is 2. The van der Waals surface area contributed by atoms with Crippen molar-refractivity contribution in [2.75, 3.05) is 14.2 Å². The fourth-order valence-corrected chi connectivity index (χ4v) is 14.1. The second kappa shape index (κ2) is 8.05. The van der Waals surface area contributed by atoms with Gasteiger partial charge in [-0.3, -0.25) is 4.79 Å². The number of rotatable bonds is 8. The Morgan fingerprint density at radius 3 is 1.77 bits per heavy atom. The van der Waals surface area contributed by atoms with Gasteiger partial charge in [-0.05, 0) is 54.3 Å². The van der Waals surface area contributed by atoms with Crippen molar-refractivity contribution in [2.24, 2.45) is 17.8 Å². The highest BCUT2D eigenvalue weighted by Gasteiger charge is 2.59. The fraction of sp³-hybridized carbons (Fsp3) is 0.950. The third-order valence-electron chi connectivity index (χ3n) is 7.59. The zero-order valence-corrected chi connectivity index (χ0v) is 20.3. The zero-order chi connectivity index (χ0) is 19.9. The van der Waals surface area contributed by atoms with Crippen LogP contribution in [0.3, 0.4) is 0 Å². The van der Waals surface area contributed by atoms with Gasteiger partial charge >= 0.3 is 8.56 Å². The molecular weight excluding hydrogens is 360 g/mol. The maximum absolute atomic E-state index is 13.4. The molecule has 2 bridgehead atoms. The molecule has 4 atom stereocenters. The second-order valence-corrected chi connectivity index (χ2v) is 18.6. The van der Waals surface area contributed by atoms with E-state index in [2.05, 4.69) is 48.1 Å². The summed E-state index contributed by atoms with van der Waals surface area (Å²) in [7, 11) is -0.863. The van der Waals surface area contributed by atoms with Gasteiger partial charge in [0, 0.05) is 19.8 Å². The predicted molar refractivity (Wildman–Crippen MR) is 111 cm³/mol. The minimum Gasteiger partial charge on any atom is -0.518 e. The van der Waals surface area contributed by atoms with Gasteiger partial charge in [0.05, 0.1) is 5.92 Å².